The van der Waals surface area contributed by atoms with Crippen molar-refractivity contribution >= 4 is 5.78 Å². The summed E-state index contributed by atoms with van der Waals surface area (Å²) in [5, 5.41) is 1.38. The largest absolute Gasteiger partial charge is 0.305 e. The van der Waals surface area contributed by atoms with Crippen LogP contribution in [-0.2, 0) is 6.54 Å². The maximum atomic E-state index is 11.7. The van der Waals surface area contributed by atoms with E-state index in [4.69, 9.17) is 5.84 Å². The third-order valence-corrected chi connectivity index (χ3v) is 2.17. The van der Waals surface area contributed by atoms with Gasteiger partial charge in [-0.2, -0.15) is 0 Å². The fraction of sp³-hybridized carbons (Fsp3) is 0.417. The summed E-state index contributed by atoms with van der Waals surface area (Å²) in [6.45, 7) is 1.12. The number of rotatable bonds is 5. The van der Waals surface area contributed by atoms with Crippen LogP contribution < -0.4 is 5.84 Å². The molecular weight excluding hydrogens is 202 g/mol. The summed E-state index contributed by atoms with van der Waals surface area (Å²) in [5.74, 6) is 5.48. The SMILES string of the molecule is CN(C)Cc1ccc(C(=O)CN(C)N)cc1. The molecule has 0 saturated carbocycles. The number of ketones is 1. The molecule has 0 aliphatic heterocycles. The van der Waals surface area contributed by atoms with Crippen molar-refractivity contribution in [1.29, 1.82) is 0 Å². The molecule has 0 spiro atoms. The first kappa shape index (κ1) is 12.8. The second kappa shape index (κ2) is 5.75. The highest BCUT2D eigenvalue weighted by Crippen LogP contribution is 2.07. The molecule has 0 bridgehead atoms. The van der Waals surface area contributed by atoms with Crippen LogP contribution in [0.25, 0.3) is 0 Å². The van der Waals surface area contributed by atoms with Gasteiger partial charge in [0, 0.05) is 19.2 Å². The Kier molecular flexibility index (Phi) is 4.61. The van der Waals surface area contributed by atoms with Crippen molar-refractivity contribution in [2.45, 2.75) is 6.54 Å². The van der Waals surface area contributed by atoms with Gasteiger partial charge in [-0.05, 0) is 19.7 Å². The topological polar surface area (TPSA) is 49.6 Å². The average molecular weight is 221 g/mol. The molecular formula is C12H19N3O. The van der Waals surface area contributed by atoms with Crippen LogP contribution in [0.3, 0.4) is 0 Å². The van der Waals surface area contributed by atoms with Crippen LogP contribution in [0, 0.1) is 0 Å². The molecule has 0 unspecified atom stereocenters. The predicted octanol–water partition coefficient (Wildman–Crippen LogP) is 0.736. The lowest BCUT2D eigenvalue weighted by Crippen LogP contribution is -2.31. The number of carbonyl (C=O) groups is 1. The molecule has 0 amide bonds. The Morgan fingerprint density at radius 1 is 1.19 bits per heavy atom. The van der Waals surface area contributed by atoms with Gasteiger partial charge in [-0.15, -0.1) is 0 Å². The number of hydrogen-bond acceptors (Lipinski definition) is 4. The standard InChI is InChI=1S/C12H19N3O/c1-14(2)8-10-4-6-11(7-5-10)12(16)9-15(3)13/h4-7H,8-9,13H2,1-3H3. The van der Waals surface area contributed by atoms with Crippen LogP contribution in [0.5, 0.6) is 0 Å². The van der Waals surface area contributed by atoms with Gasteiger partial charge in [0.15, 0.2) is 5.78 Å². The molecule has 0 saturated heterocycles. The molecule has 1 aromatic rings. The number of likely N-dealkylation sites (N-methyl/N-ethyl adjacent to an activating group) is 1. The van der Waals surface area contributed by atoms with E-state index >= 15 is 0 Å². The minimum absolute atomic E-state index is 0.0430. The fourth-order valence-electron chi connectivity index (χ4n) is 1.48. The van der Waals surface area contributed by atoms with Gasteiger partial charge >= 0.3 is 0 Å². The minimum atomic E-state index is 0.0430. The van der Waals surface area contributed by atoms with E-state index in [0.29, 0.717) is 5.56 Å². The van der Waals surface area contributed by atoms with E-state index in [1.54, 1.807) is 7.05 Å². The zero-order valence-corrected chi connectivity index (χ0v) is 10.1. The highest BCUT2D eigenvalue weighted by molar-refractivity contribution is 5.97. The lowest BCUT2D eigenvalue weighted by molar-refractivity contribution is 0.0947. The van der Waals surface area contributed by atoms with Crippen LogP contribution in [0.2, 0.25) is 0 Å². The van der Waals surface area contributed by atoms with Gasteiger partial charge in [0.05, 0.1) is 6.54 Å². The van der Waals surface area contributed by atoms with E-state index in [0.717, 1.165) is 6.54 Å². The summed E-state index contributed by atoms with van der Waals surface area (Å²) in [7, 11) is 5.71. The zero-order chi connectivity index (χ0) is 12.1. The smallest absolute Gasteiger partial charge is 0.178 e. The number of hydrazine groups is 1. The molecule has 4 nitrogen and oxygen atoms in total. The summed E-state index contributed by atoms with van der Waals surface area (Å²) < 4.78 is 0. The summed E-state index contributed by atoms with van der Waals surface area (Å²) in [4.78, 5) is 13.7. The van der Waals surface area contributed by atoms with E-state index in [1.165, 1.54) is 10.6 Å². The van der Waals surface area contributed by atoms with Crippen molar-refractivity contribution in [1.82, 2.24) is 9.91 Å². The van der Waals surface area contributed by atoms with Crippen molar-refractivity contribution in [3.8, 4) is 0 Å². The lowest BCUT2D eigenvalue weighted by Gasteiger charge is -2.11. The van der Waals surface area contributed by atoms with Gasteiger partial charge in [-0.3, -0.25) is 10.6 Å². The lowest BCUT2D eigenvalue weighted by atomic mass is 10.1. The molecule has 4 heteroatoms. The molecule has 0 aliphatic carbocycles. The Balaban J connectivity index is 2.67. The molecule has 0 heterocycles. The van der Waals surface area contributed by atoms with Gasteiger partial charge in [0.2, 0.25) is 0 Å². The Bertz CT molecular complexity index is 344. The summed E-state index contributed by atoms with van der Waals surface area (Å²) in [5.41, 5.74) is 1.91. The second-order valence-electron chi connectivity index (χ2n) is 4.27. The summed E-state index contributed by atoms with van der Waals surface area (Å²) >= 11 is 0. The number of hydrogen-bond donors (Lipinski definition) is 1. The number of benzene rings is 1. The molecule has 0 aromatic heterocycles. The van der Waals surface area contributed by atoms with Crippen LogP contribution in [0.4, 0.5) is 0 Å². The first-order chi connectivity index (χ1) is 7.49. The number of nitrogens with two attached hydrogens (primary N) is 1. The van der Waals surface area contributed by atoms with Gasteiger partial charge in [-0.1, -0.05) is 24.3 Å². The Hall–Kier alpha value is -1.23. The molecule has 1 rings (SSSR count). The second-order valence-corrected chi connectivity index (χ2v) is 4.27. The molecule has 0 fully saturated rings. The van der Waals surface area contributed by atoms with E-state index in [9.17, 15) is 4.79 Å². The van der Waals surface area contributed by atoms with E-state index < -0.39 is 0 Å². The maximum Gasteiger partial charge on any atom is 0.178 e. The third-order valence-electron chi connectivity index (χ3n) is 2.17. The zero-order valence-electron chi connectivity index (χ0n) is 10.1. The first-order valence-electron chi connectivity index (χ1n) is 5.21. The molecule has 2 N–H and O–H groups in total. The molecule has 88 valence electrons. The van der Waals surface area contributed by atoms with Gasteiger partial charge in [-0.25, -0.2) is 5.01 Å². The molecule has 1 aromatic carbocycles. The molecule has 0 aliphatic rings. The number of carbonyl (C=O) groups excluding carboxylic acids is 1. The van der Waals surface area contributed by atoms with Gasteiger partial charge < -0.3 is 4.90 Å². The highest BCUT2D eigenvalue weighted by atomic mass is 16.1. The minimum Gasteiger partial charge on any atom is -0.305 e. The summed E-state index contributed by atoms with van der Waals surface area (Å²) in [6, 6.07) is 7.66. The number of Topliss-reactive ketones (excluding diaryl/α,β-unsaturated/α-hetero) is 1. The molecule has 16 heavy (non-hydrogen) atoms. The van der Waals surface area contributed by atoms with E-state index in [1.807, 2.05) is 38.4 Å². The first-order valence-corrected chi connectivity index (χ1v) is 5.21. The number of nitrogens with zero attached hydrogens (tertiary/aromatic N) is 2. The fourth-order valence-corrected chi connectivity index (χ4v) is 1.48. The Morgan fingerprint density at radius 3 is 2.19 bits per heavy atom. The summed E-state index contributed by atoms with van der Waals surface area (Å²) in [6.07, 6.45) is 0. The van der Waals surface area contributed by atoms with Crippen molar-refractivity contribution in [2.24, 2.45) is 5.84 Å². The predicted molar refractivity (Wildman–Crippen MR) is 65.0 cm³/mol. The quantitative estimate of drug-likeness (QED) is 0.452. The molecule has 0 atom stereocenters. The third kappa shape index (κ3) is 4.10. The Labute approximate surface area is 96.6 Å². The van der Waals surface area contributed by atoms with Crippen LogP contribution >= 0.6 is 0 Å². The highest BCUT2D eigenvalue weighted by Gasteiger charge is 2.06. The maximum absolute atomic E-state index is 11.7. The van der Waals surface area contributed by atoms with Crippen molar-refractivity contribution in [2.75, 3.05) is 27.7 Å². The van der Waals surface area contributed by atoms with Gasteiger partial charge in [0.25, 0.3) is 0 Å². The van der Waals surface area contributed by atoms with Crippen molar-refractivity contribution < 1.29 is 4.79 Å². The van der Waals surface area contributed by atoms with Crippen LogP contribution in [0.15, 0.2) is 24.3 Å². The Morgan fingerprint density at radius 2 is 1.75 bits per heavy atom. The van der Waals surface area contributed by atoms with Gasteiger partial charge in [0.1, 0.15) is 0 Å². The van der Waals surface area contributed by atoms with E-state index in [2.05, 4.69) is 4.90 Å². The van der Waals surface area contributed by atoms with Crippen LogP contribution in [0.1, 0.15) is 15.9 Å². The average Bonchev–Trinajstić information content (AvgIpc) is 2.16. The van der Waals surface area contributed by atoms with E-state index in [-0.39, 0.29) is 12.3 Å². The molecule has 0 radical (unpaired) electrons. The van der Waals surface area contributed by atoms with Crippen molar-refractivity contribution in [3.05, 3.63) is 35.4 Å². The van der Waals surface area contributed by atoms with Crippen LogP contribution in [-0.4, -0.2) is 43.4 Å². The normalized spacial score (nSPS) is 11.1. The monoisotopic (exact) mass is 221 g/mol. The van der Waals surface area contributed by atoms with Crippen molar-refractivity contribution in [3.63, 3.8) is 0 Å².